The number of alkyl halides is 2. The number of nitrogens with zero attached hydrogens (tertiary/aromatic N) is 2. The molecule has 1 N–H and O–H groups in total. The molecule has 26 heavy (non-hydrogen) atoms. The van der Waals surface area contributed by atoms with Crippen LogP contribution in [0.2, 0.25) is 0 Å². The van der Waals surface area contributed by atoms with E-state index in [4.69, 9.17) is 13.6 Å². The SMILES string of the molecule is [2H]c1c(OC(F)F)c([2H])c2[nH]c(S(=O)Cc3nccc(OC)c3OC)nc2c1[2H]. The zero-order valence-electron chi connectivity index (χ0n) is 16.6. The van der Waals surface area contributed by atoms with Gasteiger partial charge in [-0.1, -0.05) is 0 Å². The van der Waals surface area contributed by atoms with Crippen molar-refractivity contribution in [3.63, 3.8) is 0 Å². The molecule has 0 saturated heterocycles. The predicted molar refractivity (Wildman–Crippen MR) is 90.2 cm³/mol. The number of ether oxygens (including phenoxy) is 3. The number of methoxy groups -OCH3 is 2. The highest BCUT2D eigenvalue weighted by Gasteiger charge is 2.17. The zero-order chi connectivity index (χ0) is 21.3. The van der Waals surface area contributed by atoms with Gasteiger partial charge in [0, 0.05) is 18.3 Å². The van der Waals surface area contributed by atoms with Gasteiger partial charge in [-0.15, -0.1) is 0 Å². The lowest BCUT2D eigenvalue weighted by Crippen LogP contribution is -2.04. The Bertz CT molecular complexity index is 1100. The second-order valence-electron chi connectivity index (χ2n) is 4.83. The Kier molecular flexibility index (Phi) is 4.24. The van der Waals surface area contributed by atoms with Gasteiger partial charge in [-0.2, -0.15) is 8.78 Å². The summed E-state index contributed by atoms with van der Waals surface area (Å²) in [6.07, 6.45) is 1.46. The smallest absolute Gasteiger partial charge is 0.387 e. The lowest BCUT2D eigenvalue weighted by Gasteiger charge is -2.10. The summed E-state index contributed by atoms with van der Waals surface area (Å²) < 4.78 is 76.2. The normalized spacial score (nSPS) is 14.0. The van der Waals surface area contributed by atoms with Gasteiger partial charge in [0.15, 0.2) is 16.7 Å². The van der Waals surface area contributed by atoms with Gasteiger partial charge in [-0.25, -0.2) is 4.98 Å². The number of H-pyrrole nitrogens is 1. The van der Waals surface area contributed by atoms with Crippen LogP contribution in [0.1, 0.15) is 9.81 Å². The molecule has 0 aliphatic carbocycles. The minimum Gasteiger partial charge on any atom is -0.493 e. The van der Waals surface area contributed by atoms with Crippen LogP contribution in [-0.2, 0) is 16.6 Å². The summed E-state index contributed by atoms with van der Waals surface area (Å²) in [6.45, 7) is -3.26. The lowest BCUT2D eigenvalue weighted by atomic mass is 10.3. The molecular weight excluding hydrogens is 368 g/mol. The largest absolute Gasteiger partial charge is 0.493 e. The van der Waals surface area contributed by atoms with E-state index < -0.39 is 41.3 Å². The van der Waals surface area contributed by atoms with Gasteiger partial charge in [0.25, 0.3) is 0 Å². The minimum atomic E-state index is -3.26. The Hall–Kier alpha value is -2.75. The van der Waals surface area contributed by atoms with Crippen LogP contribution in [0.4, 0.5) is 8.78 Å². The van der Waals surface area contributed by atoms with Crippen LogP contribution in [-0.4, -0.2) is 40.0 Å². The first-order valence-electron chi connectivity index (χ1n) is 8.67. The maximum Gasteiger partial charge on any atom is 0.387 e. The monoisotopic (exact) mass is 386 g/mol. The van der Waals surface area contributed by atoms with Gasteiger partial charge >= 0.3 is 6.61 Å². The van der Waals surface area contributed by atoms with Crippen LogP contribution in [0.3, 0.4) is 0 Å². The Morgan fingerprint density at radius 3 is 2.85 bits per heavy atom. The summed E-state index contributed by atoms with van der Waals surface area (Å²) >= 11 is 0. The number of rotatable bonds is 7. The second kappa shape index (κ2) is 7.65. The molecule has 3 aromatic rings. The Labute approximate surface area is 154 Å². The molecule has 1 atom stereocenters. The fourth-order valence-electron chi connectivity index (χ4n) is 2.19. The van der Waals surface area contributed by atoms with Crippen molar-refractivity contribution in [1.29, 1.82) is 0 Å². The van der Waals surface area contributed by atoms with Crippen molar-refractivity contribution in [2.75, 3.05) is 14.2 Å². The fourth-order valence-corrected chi connectivity index (χ4v) is 3.19. The van der Waals surface area contributed by atoms with Gasteiger partial charge < -0.3 is 19.2 Å². The van der Waals surface area contributed by atoms with Gasteiger partial charge in [-0.3, -0.25) is 9.19 Å². The first-order valence-corrected chi connectivity index (χ1v) is 8.48. The molecule has 3 rings (SSSR count). The number of halogens is 2. The highest BCUT2D eigenvalue weighted by molar-refractivity contribution is 7.84. The molecule has 1 unspecified atom stereocenters. The molecule has 10 heteroatoms. The van der Waals surface area contributed by atoms with Crippen molar-refractivity contribution in [2.45, 2.75) is 17.5 Å². The van der Waals surface area contributed by atoms with Gasteiger partial charge in [0.2, 0.25) is 0 Å². The average molecular weight is 386 g/mol. The van der Waals surface area contributed by atoms with E-state index in [1.54, 1.807) is 6.07 Å². The summed E-state index contributed by atoms with van der Waals surface area (Å²) in [7, 11) is 1.04. The van der Waals surface area contributed by atoms with Crippen molar-refractivity contribution >= 4 is 21.8 Å². The van der Waals surface area contributed by atoms with Gasteiger partial charge in [-0.05, 0) is 12.1 Å². The molecule has 0 aliphatic rings. The molecule has 0 amide bonds. The van der Waals surface area contributed by atoms with Crippen molar-refractivity contribution < 1.29 is 31.3 Å². The number of fused-ring (bicyclic) bond motifs is 1. The highest BCUT2D eigenvalue weighted by Crippen LogP contribution is 2.30. The van der Waals surface area contributed by atoms with E-state index in [9.17, 15) is 13.0 Å². The van der Waals surface area contributed by atoms with Crippen LogP contribution in [0.25, 0.3) is 11.0 Å². The van der Waals surface area contributed by atoms with Crippen molar-refractivity contribution in [3.8, 4) is 17.2 Å². The van der Waals surface area contributed by atoms with Crippen molar-refractivity contribution in [2.24, 2.45) is 0 Å². The lowest BCUT2D eigenvalue weighted by molar-refractivity contribution is -0.0497. The molecule has 0 bridgehead atoms. The number of hydrogen-bond acceptors (Lipinski definition) is 6. The van der Waals surface area contributed by atoms with Crippen LogP contribution >= 0.6 is 0 Å². The van der Waals surface area contributed by atoms with Crippen molar-refractivity contribution in [1.82, 2.24) is 15.0 Å². The number of aromatic nitrogens is 3. The number of benzene rings is 1. The Morgan fingerprint density at radius 1 is 1.35 bits per heavy atom. The standard InChI is InChI=1S/C16H15F2N3O4S/c1-23-13-5-6-19-12(14(13)24-2)8-26(22)16-20-10-4-3-9(25-15(17)18)7-11(10)21-16/h3-7,15H,8H2,1-2H3,(H,20,21)/i3D,4D,7D. The summed E-state index contributed by atoms with van der Waals surface area (Å²) in [6, 6.07) is -0.231. The molecular formula is C16H15F2N3O4S. The van der Waals surface area contributed by atoms with Crippen LogP contribution in [0, 0.1) is 0 Å². The molecule has 0 aliphatic heterocycles. The van der Waals surface area contributed by atoms with E-state index in [0.29, 0.717) is 17.2 Å². The first kappa shape index (κ1) is 14.4. The van der Waals surface area contributed by atoms with Gasteiger partial charge in [0.05, 0.1) is 51.6 Å². The molecule has 138 valence electrons. The molecule has 0 spiro atoms. The molecule has 2 aromatic heterocycles. The Balaban J connectivity index is 2.02. The van der Waals surface area contributed by atoms with Crippen molar-refractivity contribution in [3.05, 3.63) is 36.1 Å². The summed E-state index contributed by atoms with van der Waals surface area (Å²) in [5, 5.41) is -0.109. The topological polar surface area (TPSA) is 86.3 Å². The number of imidazole rings is 1. The van der Waals surface area contributed by atoms with E-state index in [0.717, 1.165) is 0 Å². The van der Waals surface area contributed by atoms with Crippen LogP contribution in [0.5, 0.6) is 17.2 Å². The third-order valence-corrected chi connectivity index (χ3v) is 4.43. The third kappa shape index (κ3) is 3.74. The molecule has 1 aromatic carbocycles. The Morgan fingerprint density at radius 2 is 2.15 bits per heavy atom. The third-order valence-electron chi connectivity index (χ3n) is 3.27. The number of hydrogen-bond donors (Lipinski definition) is 1. The number of aromatic amines is 1. The minimum absolute atomic E-state index is 0.109. The molecule has 0 saturated carbocycles. The quantitative estimate of drug-likeness (QED) is 0.672. The highest BCUT2D eigenvalue weighted by atomic mass is 32.2. The number of nitrogens with one attached hydrogen (secondary N) is 1. The fraction of sp³-hybridized carbons (Fsp3) is 0.250. The first-order chi connectivity index (χ1) is 13.8. The predicted octanol–water partition coefficient (Wildman–Crippen LogP) is 2.88. The molecule has 2 heterocycles. The molecule has 0 radical (unpaired) electrons. The maximum atomic E-state index is 12.8. The zero-order valence-corrected chi connectivity index (χ0v) is 14.4. The summed E-state index contributed by atoms with van der Waals surface area (Å²) in [4.78, 5) is 10.8. The van der Waals surface area contributed by atoms with Crippen LogP contribution < -0.4 is 14.2 Å². The number of pyridine rings is 1. The van der Waals surface area contributed by atoms with E-state index in [2.05, 4.69) is 19.7 Å². The van der Waals surface area contributed by atoms with E-state index in [1.807, 2.05) is 0 Å². The second-order valence-corrected chi connectivity index (χ2v) is 6.20. The maximum absolute atomic E-state index is 12.8. The van der Waals surface area contributed by atoms with Gasteiger partial charge in [0.1, 0.15) is 5.75 Å². The van der Waals surface area contributed by atoms with E-state index in [1.165, 1.54) is 20.4 Å². The van der Waals surface area contributed by atoms with Crippen LogP contribution in [0.15, 0.2) is 35.5 Å². The average Bonchev–Trinajstić information content (AvgIpc) is 3.15. The summed E-state index contributed by atoms with van der Waals surface area (Å²) in [5.41, 5.74) is 0.0526. The summed E-state index contributed by atoms with van der Waals surface area (Å²) in [5.74, 6) is -0.194. The molecule has 7 nitrogen and oxygen atoms in total. The molecule has 0 fully saturated rings. The van der Waals surface area contributed by atoms with E-state index >= 15 is 0 Å². The van der Waals surface area contributed by atoms with E-state index in [-0.39, 0.29) is 21.9 Å².